The van der Waals surface area contributed by atoms with Crippen molar-refractivity contribution in [2.45, 2.75) is 6.92 Å². The third kappa shape index (κ3) is 0.711. The first kappa shape index (κ1) is 5.54. The molecule has 49 valence electrons. The van der Waals surface area contributed by atoms with Gasteiger partial charge in [-0.15, -0.1) is 0 Å². The summed E-state index contributed by atoms with van der Waals surface area (Å²) < 4.78 is 0. The highest BCUT2D eigenvalue weighted by Crippen LogP contribution is 2.12. The van der Waals surface area contributed by atoms with Crippen LogP contribution in [0.15, 0.2) is 24.4 Å². The molecule has 0 fully saturated rings. The Kier molecular flexibility index (Phi) is 1.04. The standard InChI is InChI=1S/C9H8N/c1-7-2-3-9-8(6-7)4-5-10-9/h2-3,5-6,10H,1H3. The number of rotatable bonds is 0. The minimum Gasteiger partial charge on any atom is -0.361 e. The summed E-state index contributed by atoms with van der Waals surface area (Å²) in [5.74, 6) is 0. The lowest BCUT2D eigenvalue weighted by atomic mass is 10.2. The maximum absolute atomic E-state index is 3.10. The van der Waals surface area contributed by atoms with E-state index < -0.39 is 0 Å². The van der Waals surface area contributed by atoms with Gasteiger partial charge in [-0.2, -0.15) is 0 Å². The molecule has 0 aliphatic rings. The summed E-state index contributed by atoms with van der Waals surface area (Å²) in [6.45, 7) is 2.08. The van der Waals surface area contributed by atoms with Crippen LogP contribution in [0.1, 0.15) is 5.56 Å². The van der Waals surface area contributed by atoms with Crippen molar-refractivity contribution in [3.8, 4) is 0 Å². The second-order valence-electron chi connectivity index (χ2n) is 2.48. The van der Waals surface area contributed by atoms with Crippen molar-refractivity contribution in [2.24, 2.45) is 0 Å². The zero-order valence-corrected chi connectivity index (χ0v) is 5.81. The van der Waals surface area contributed by atoms with Crippen LogP contribution < -0.4 is 0 Å². The van der Waals surface area contributed by atoms with Gasteiger partial charge in [0.2, 0.25) is 0 Å². The first-order valence-electron chi connectivity index (χ1n) is 3.32. The molecule has 0 bridgehead atoms. The summed E-state index contributed by atoms with van der Waals surface area (Å²) in [6, 6.07) is 9.38. The summed E-state index contributed by atoms with van der Waals surface area (Å²) in [5.41, 5.74) is 2.44. The second-order valence-corrected chi connectivity index (χ2v) is 2.48. The van der Waals surface area contributed by atoms with E-state index in [2.05, 4.69) is 36.2 Å². The van der Waals surface area contributed by atoms with Crippen LogP contribution >= 0.6 is 0 Å². The molecule has 1 heteroatoms. The molecule has 1 heterocycles. The van der Waals surface area contributed by atoms with Crippen LogP contribution in [0.4, 0.5) is 0 Å². The quantitative estimate of drug-likeness (QED) is 0.563. The number of benzene rings is 1. The van der Waals surface area contributed by atoms with Gasteiger partial charge in [-0.25, -0.2) is 0 Å². The molecule has 1 aromatic carbocycles. The Balaban J connectivity index is 2.86. The van der Waals surface area contributed by atoms with Crippen molar-refractivity contribution in [2.75, 3.05) is 0 Å². The molecule has 0 saturated heterocycles. The number of hydrogen-bond donors (Lipinski definition) is 1. The Bertz CT molecular complexity index is 346. The van der Waals surface area contributed by atoms with Crippen LogP contribution in [0.5, 0.6) is 0 Å². The molecule has 0 unspecified atom stereocenters. The van der Waals surface area contributed by atoms with Gasteiger partial charge in [-0.1, -0.05) is 11.6 Å². The fourth-order valence-electron chi connectivity index (χ4n) is 1.09. The van der Waals surface area contributed by atoms with Crippen molar-refractivity contribution in [1.29, 1.82) is 0 Å². The van der Waals surface area contributed by atoms with Crippen molar-refractivity contribution in [1.82, 2.24) is 4.98 Å². The van der Waals surface area contributed by atoms with E-state index in [-0.39, 0.29) is 0 Å². The number of H-pyrrole nitrogens is 1. The molecular formula is C9H8N. The Hall–Kier alpha value is -1.24. The maximum atomic E-state index is 3.10. The van der Waals surface area contributed by atoms with Crippen LogP contribution in [-0.4, -0.2) is 4.98 Å². The maximum Gasteiger partial charge on any atom is 0.0460 e. The summed E-state index contributed by atoms with van der Waals surface area (Å²) in [5, 5.41) is 1.17. The lowest BCUT2D eigenvalue weighted by molar-refractivity contribution is 1.46. The minimum atomic E-state index is 1.16. The highest BCUT2D eigenvalue weighted by atomic mass is 14.7. The number of aromatic amines is 1. The van der Waals surface area contributed by atoms with Gasteiger partial charge in [0.05, 0.1) is 0 Å². The zero-order valence-electron chi connectivity index (χ0n) is 5.81. The summed E-state index contributed by atoms with van der Waals surface area (Å²) in [7, 11) is 0. The molecule has 0 aliphatic carbocycles. The molecular weight excluding hydrogens is 122 g/mol. The molecule has 2 rings (SSSR count). The fourth-order valence-corrected chi connectivity index (χ4v) is 1.09. The molecule has 0 amide bonds. The predicted octanol–water partition coefficient (Wildman–Crippen LogP) is 2.28. The van der Waals surface area contributed by atoms with Crippen molar-refractivity contribution in [3.63, 3.8) is 0 Å². The monoisotopic (exact) mass is 130 g/mol. The minimum absolute atomic E-state index is 1.16. The first-order valence-corrected chi connectivity index (χ1v) is 3.32. The average molecular weight is 130 g/mol. The highest BCUT2D eigenvalue weighted by molar-refractivity contribution is 5.79. The normalized spacial score (nSPS) is 10.5. The van der Waals surface area contributed by atoms with E-state index >= 15 is 0 Å². The fraction of sp³-hybridized carbons (Fsp3) is 0.111. The molecule has 0 aliphatic heterocycles. The second kappa shape index (κ2) is 1.87. The Morgan fingerprint density at radius 2 is 2.30 bits per heavy atom. The van der Waals surface area contributed by atoms with E-state index in [0.717, 1.165) is 5.52 Å². The topological polar surface area (TPSA) is 15.8 Å². The highest BCUT2D eigenvalue weighted by Gasteiger charge is 1.91. The first-order chi connectivity index (χ1) is 4.86. The Labute approximate surface area is 59.7 Å². The van der Waals surface area contributed by atoms with Gasteiger partial charge in [-0.05, 0) is 19.1 Å². The molecule has 10 heavy (non-hydrogen) atoms. The third-order valence-electron chi connectivity index (χ3n) is 1.63. The van der Waals surface area contributed by atoms with Crippen LogP contribution in [-0.2, 0) is 0 Å². The van der Waals surface area contributed by atoms with Crippen LogP contribution in [0, 0.1) is 13.0 Å². The number of hydrogen-bond acceptors (Lipinski definition) is 0. The molecule has 2 aromatic rings. The van der Waals surface area contributed by atoms with E-state index in [1.54, 1.807) is 0 Å². The lowest BCUT2D eigenvalue weighted by Crippen LogP contribution is -1.69. The van der Waals surface area contributed by atoms with E-state index in [1.807, 2.05) is 6.20 Å². The number of nitrogens with one attached hydrogen (secondary N) is 1. The van der Waals surface area contributed by atoms with E-state index in [1.165, 1.54) is 10.9 Å². The summed E-state index contributed by atoms with van der Waals surface area (Å²) >= 11 is 0. The largest absolute Gasteiger partial charge is 0.361 e. The van der Waals surface area contributed by atoms with Gasteiger partial charge in [0.15, 0.2) is 0 Å². The molecule has 0 saturated carbocycles. The summed E-state index contributed by atoms with van der Waals surface area (Å²) in [6.07, 6.45) is 1.84. The molecule has 0 spiro atoms. The van der Waals surface area contributed by atoms with Crippen molar-refractivity contribution in [3.05, 3.63) is 36.0 Å². The van der Waals surface area contributed by atoms with Crippen LogP contribution in [0.25, 0.3) is 10.9 Å². The molecule has 1 aromatic heterocycles. The van der Waals surface area contributed by atoms with E-state index in [9.17, 15) is 0 Å². The van der Waals surface area contributed by atoms with E-state index in [0.29, 0.717) is 0 Å². The smallest absolute Gasteiger partial charge is 0.0460 e. The Morgan fingerprint density at radius 3 is 3.20 bits per heavy atom. The SMILES string of the molecule is Cc1ccc2[nH]c[c]c2c1. The van der Waals surface area contributed by atoms with Gasteiger partial charge in [0.1, 0.15) is 0 Å². The molecule has 0 atom stereocenters. The molecule has 1 nitrogen and oxygen atoms in total. The zero-order chi connectivity index (χ0) is 6.97. The van der Waals surface area contributed by atoms with Gasteiger partial charge < -0.3 is 4.98 Å². The van der Waals surface area contributed by atoms with Crippen molar-refractivity contribution >= 4 is 10.9 Å². The van der Waals surface area contributed by atoms with Crippen LogP contribution in [0.3, 0.4) is 0 Å². The third-order valence-corrected chi connectivity index (χ3v) is 1.63. The predicted molar refractivity (Wildman–Crippen MR) is 41.9 cm³/mol. The Morgan fingerprint density at radius 1 is 1.40 bits per heavy atom. The number of fused-ring (bicyclic) bond motifs is 1. The van der Waals surface area contributed by atoms with Gasteiger partial charge in [0, 0.05) is 23.2 Å². The molecule has 1 N–H and O–H groups in total. The van der Waals surface area contributed by atoms with Gasteiger partial charge >= 0.3 is 0 Å². The average Bonchev–Trinajstić information content (AvgIpc) is 2.33. The van der Waals surface area contributed by atoms with E-state index in [4.69, 9.17) is 0 Å². The lowest BCUT2D eigenvalue weighted by Gasteiger charge is -1.90. The number of aryl methyl sites for hydroxylation is 1. The summed E-state index contributed by atoms with van der Waals surface area (Å²) in [4.78, 5) is 3.09. The molecule has 1 radical (unpaired) electrons. The van der Waals surface area contributed by atoms with Gasteiger partial charge in [0.25, 0.3) is 0 Å². The number of aromatic nitrogens is 1. The van der Waals surface area contributed by atoms with Crippen molar-refractivity contribution < 1.29 is 0 Å². The van der Waals surface area contributed by atoms with Gasteiger partial charge in [-0.3, -0.25) is 0 Å². The van der Waals surface area contributed by atoms with Crippen LogP contribution in [0.2, 0.25) is 0 Å².